The van der Waals surface area contributed by atoms with E-state index in [-0.39, 0.29) is 18.8 Å². The Morgan fingerprint density at radius 2 is 1.83 bits per heavy atom. The predicted octanol–water partition coefficient (Wildman–Crippen LogP) is 0.631. The summed E-state index contributed by atoms with van der Waals surface area (Å²) in [7, 11) is 0. The maximum Gasteiger partial charge on any atom is 0.409 e. The molecule has 0 aliphatic carbocycles. The molecule has 1 aromatic rings. The molecule has 23 heavy (non-hydrogen) atoms. The van der Waals surface area contributed by atoms with Crippen LogP contribution < -0.4 is 5.32 Å². The average molecular weight is 321 g/mol. The second-order valence-corrected chi connectivity index (χ2v) is 4.98. The van der Waals surface area contributed by atoms with Crippen molar-refractivity contribution >= 4 is 23.6 Å². The number of carbonyl (C=O) groups excluding carboxylic acids is 3. The topological polar surface area (TPSA) is 99.2 Å². The minimum atomic E-state index is -0.778. The van der Waals surface area contributed by atoms with Gasteiger partial charge in [-0.05, 0) is 19.1 Å². The summed E-state index contributed by atoms with van der Waals surface area (Å²) in [5, 5.41) is 11.8. The molecule has 0 atom stereocenters. The van der Waals surface area contributed by atoms with Crippen LogP contribution in [-0.2, 0) is 14.3 Å². The van der Waals surface area contributed by atoms with Crippen LogP contribution in [-0.4, -0.2) is 65.6 Å². The smallest absolute Gasteiger partial charge is 0.409 e. The number of hydrogen-bond donors (Lipinski definition) is 2. The Balaban J connectivity index is 1.87. The molecule has 1 heterocycles. The number of carbonyl (C=O) groups is 3. The third-order valence-corrected chi connectivity index (χ3v) is 3.39. The highest BCUT2D eigenvalue weighted by molar-refractivity contribution is 6.39. The van der Waals surface area contributed by atoms with Gasteiger partial charge in [-0.25, -0.2) is 4.79 Å². The lowest BCUT2D eigenvalue weighted by Gasteiger charge is -2.33. The molecule has 8 heteroatoms. The van der Waals surface area contributed by atoms with Crippen molar-refractivity contribution < 1.29 is 24.2 Å². The van der Waals surface area contributed by atoms with Gasteiger partial charge in [-0.1, -0.05) is 6.07 Å². The second kappa shape index (κ2) is 7.48. The number of phenolic OH excluding ortho intramolecular Hbond substituents is 1. The van der Waals surface area contributed by atoms with Crippen LogP contribution in [0, 0.1) is 0 Å². The first-order chi connectivity index (χ1) is 11.0. The van der Waals surface area contributed by atoms with Gasteiger partial charge in [-0.15, -0.1) is 0 Å². The van der Waals surface area contributed by atoms with Gasteiger partial charge >= 0.3 is 17.9 Å². The molecule has 2 rings (SSSR count). The van der Waals surface area contributed by atoms with Crippen molar-refractivity contribution in [2.45, 2.75) is 6.92 Å². The number of aromatic hydroxyl groups is 1. The minimum absolute atomic E-state index is 0.00157. The molecule has 1 aliphatic rings. The first kappa shape index (κ1) is 16.6. The van der Waals surface area contributed by atoms with Crippen LogP contribution in [0.3, 0.4) is 0 Å². The molecule has 1 saturated heterocycles. The van der Waals surface area contributed by atoms with E-state index >= 15 is 0 Å². The molecule has 1 aliphatic heterocycles. The zero-order valence-electron chi connectivity index (χ0n) is 12.8. The van der Waals surface area contributed by atoms with Crippen molar-refractivity contribution in [1.29, 1.82) is 0 Å². The summed E-state index contributed by atoms with van der Waals surface area (Å²) < 4.78 is 4.90. The quantitative estimate of drug-likeness (QED) is 0.779. The summed E-state index contributed by atoms with van der Waals surface area (Å²) in [6.45, 7) is 3.21. The fourth-order valence-electron chi connectivity index (χ4n) is 2.22. The number of nitrogens with one attached hydrogen (secondary N) is 1. The van der Waals surface area contributed by atoms with E-state index in [9.17, 15) is 19.5 Å². The summed E-state index contributed by atoms with van der Waals surface area (Å²) in [6.07, 6.45) is -0.413. The molecule has 2 N–H and O–H groups in total. The van der Waals surface area contributed by atoms with Crippen molar-refractivity contribution in [2.24, 2.45) is 0 Å². The number of anilines is 1. The van der Waals surface area contributed by atoms with Crippen LogP contribution in [0.2, 0.25) is 0 Å². The van der Waals surface area contributed by atoms with Gasteiger partial charge in [0.15, 0.2) is 0 Å². The third-order valence-electron chi connectivity index (χ3n) is 3.39. The molecular formula is C15H19N3O5. The van der Waals surface area contributed by atoms with E-state index in [1.165, 1.54) is 21.9 Å². The lowest BCUT2D eigenvalue weighted by atomic mass is 10.3. The van der Waals surface area contributed by atoms with E-state index < -0.39 is 17.9 Å². The molecule has 0 radical (unpaired) electrons. The zero-order valence-corrected chi connectivity index (χ0v) is 12.8. The Kier molecular flexibility index (Phi) is 5.40. The number of hydrogen-bond acceptors (Lipinski definition) is 5. The van der Waals surface area contributed by atoms with Crippen molar-refractivity contribution in [1.82, 2.24) is 9.80 Å². The molecule has 1 aromatic carbocycles. The van der Waals surface area contributed by atoms with Crippen LogP contribution >= 0.6 is 0 Å². The van der Waals surface area contributed by atoms with E-state index in [2.05, 4.69) is 5.32 Å². The van der Waals surface area contributed by atoms with Gasteiger partial charge in [0.05, 0.1) is 6.61 Å². The number of benzene rings is 1. The van der Waals surface area contributed by atoms with Crippen LogP contribution in [0.1, 0.15) is 6.92 Å². The molecule has 0 bridgehead atoms. The van der Waals surface area contributed by atoms with Crippen LogP contribution in [0.5, 0.6) is 5.75 Å². The number of piperazine rings is 1. The van der Waals surface area contributed by atoms with E-state index in [1.807, 2.05) is 0 Å². The number of phenols is 1. The molecule has 0 aromatic heterocycles. The minimum Gasteiger partial charge on any atom is -0.508 e. The lowest BCUT2D eigenvalue weighted by molar-refractivity contribution is -0.144. The molecule has 0 saturated carbocycles. The summed E-state index contributed by atoms with van der Waals surface area (Å²) in [5.74, 6) is -1.45. The number of ether oxygens (including phenoxy) is 1. The van der Waals surface area contributed by atoms with Gasteiger partial charge in [0.1, 0.15) is 5.75 Å². The summed E-state index contributed by atoms with van der Waals surface area (Å²) in [5.41, 5.74) is 0.341. The maximum atomic E-state index is 12.1. The first-order valence-electron chi connectivity index (χ1n) is 7.32. The molecule has 124 valence electrons. The number of amides is 3. The Bertz CT molecular complexity index is 597. The lowest BCUT2D eigenvalue weighted by Crippen LogP contribution is -2.53. The predicted molar refractivity (Wildman–Crippen MR) is 81.9 cm³/mol. The Hall–Kier alpha value is -2.77. The van der Waals surface area contributed by atoms with Gasteiger partial charge < -0.3 is 25.0 Å². The van der Waals surface area contributed by atoms with E-state index in [0.717, 1.165) is 0 Å². The van der Waals surface area contributed by atoms with Gasteiger partial charge in [-0.3, -0.25) is 9.59 Å². The third kappa shape index (κ3) is 4.35. The molecule has 8 nitrogen and oxygen atoms in total. The van der Waals surface area contributed by atoms with Crippen molar-refractivity contribution in [3.8, 4) is 5.75 Å². The van der Waals surface area contributed by atoms with E-state index in [4.69, 9.17) is 4.74 Å². The largest absolute Gasteiger partial charge is 0.508 e. The van der Waals surface area contributed by atoms with Gasteiger partial charge in [0.2, 0.25) is 0 Å². The van der Waals surface area contributed by atoms with Crippen molar-refractivity contribution in [2.75, 3.05) is 38.1 Å². The molecule has 1 fully saturated rings. The van der Waals surface area contributed by atoms with E-state index in [0.29, 0.717) is 25.4 Å². The second-order valence-electron chi connectivity index (χ2n) is 4.98. The molecule has 0 spiro atoms. The number of rotatable bonds is 2. The highest BCUT2D eigenvalue weighted by Gasteiger charge is 2.28. The Labute approximate surface area is 133 Å². The zero-order chi connectivity index (χ0) is 16.8. The number of nitrogens with zero attached hydrogens (tertiary/aromatic N) is 2. The normalized spacial score (nSPS) is 14.3. The van der Waals surface area contributed by atoms with Gasteiger partial charge in [-0.2, -0.15) is 0 Å². The highest BCUT2D eigenvalue weighted by atomic mass is 16.6. The van der Waals surface area contributed by atoms with Gasteiger partial charge in [0, 0.05) is 37.9 Å². The van der Waals surface area contributed by atoms with Gasteiger partial charge in [0.25, 0.3) is 0 Å². The summed E-state index contributed by atoms with van der Waals surface area (Å²) in [6, 6.07) is 5.95. The SMILES string of the molecule is CCOC(=O)N1CCN(C(=O)C(=O)Nc2cccc(O)c2)CC1. The Morgan fingerprint density at radius 1 is 1.17 bits per heavy atom. The van der Waals surface area contributed by atoms with Crippen LogP contribution in [0.15, 0.2) is 24.3 Å². The first-order valence-corrected chi connectivity index (χ1v) is 7.32. The molecule has 3 amide bonds. The van der Waals surface area contributed by atoms with Crippen LogP contribution in [0.25, 0.3) is 0 Å². The van der Waals surface area contributed by atoms with Crippen molar-refractivity contribution in [3.63, 3.8) is 0 Å². The fourth-order valence-corrected chi connectivity index (χ4v) is 2.22. The average Bonchev–Trinajstić information content (AvgIpc) is 2.54. The Morgan fingerprint density at radius 3 is 2.43 bits per heavy atom. The maximum absolute atomic E-state index is 12.1. The molecular weight excluding hydrogens is 302 g/mol. The van der Waals surface area contributed by atoms with E-state index in [1.54, 1.807) is 19.1 Å². The summed E-state index contributed by atoms with van der Waals surface area (Å²) in [4.78, 5) is 38.5. The monoisotopic (exact) mass is 321 g/mol. The van der Waals surface area contributed by atoms with Crippen LogP contribution in [0.4, 0.5) is 10.5 Å². The standard InChI is InChI=1S/C15H19N3O5/c1-2-23-15(22)18-8-6-17(7-9-18)14(21)13(20)16-11-4-3-5-12(19)10-11/h3-5,10,19H,2,6-9H2,1H3,(H,16,20). The highest BCUT2D eigenvalue weighted by Crippen LogP contribution is 2.15. The van der Waals surface area contributed by atoms with Crippen molar-refractivity contribution in [3.05, 3.63) is 24.3 Å². The fraction of sp³-hybridized carbons (Fsp3) is 0.400. The summed E-state index contributed by atoms with van der Waals surface area (Å²) >= 11 is 0. The molecule has 0 unspecified atom stereocenters.